The third-order valence-corrected chi connectivity index (χ3v) is 6.63. The zero-order valence-electron chi connectivity index (χ0n) is 12.4. The largest absolute Gasteiger partial charge is 0.377 e. The number of hydrogen-bond acceptors (Lipinski definition) is 4. The fraction of sp³-hybridized carbons (Fsp3) is 0.933. The molecule has 1 N–H and O–H groups in total. The van der Waals surface area contributed by atoms with Crippen LogP contribution in [-0.2, 0) is 19.6 Å². The van der Waals surface area contributed by atoms with Crippen molar-refractivity contribution in [1.82, 2.24) is 4.72 Å². The molecule has 0 aromatic rings. The van der Waals surface area contributed by atoms with Crippen LogP contribution in [0.5, 0.6) is 0 Å². The zero-order valence-corrected chi connectivity index (χ0v) is 13.2. The Kier molecular flexibility index (Phi) is 4.54. The first-order valence-corrected chi connectivity index (χ1v) is 9.82. The Balaban J connectivity index is 1.46. The third-order valence-electron chi connectivity index (χ3n) is 5.28. The highest BCUT2D eigenvalue weighted by atomic mass is 32.2. The SMILES string of the molecule is O=C(C[C@H]1C[C@H]2CC[C@H]1C2)NS(=O)(=O)C[C@@H]1CCCCO1. The summed E-state index contributed by atoms with van der Waals surface area (Å²) in [7, 11) is -3.56. The Morgan fingerprint density at radius 1 is 1.14 bits per heavy atom. The van der Waals surface area contributed by atoms with E-state index in [4.69, 9.17) is 4.74 Å². The average molecular weight is 315 g/mol. The maximum atomic E-state index is 12.0. The fourth-order valence-electron chi connectivity index (χ4n) is 4.30. The molecule has 0 spiro atoms. The van der Waals surface area contributed by atoms with Gasteiger partial charge in [0.1, 0.15) is 0 Å². The minimum absolute atomic E-state index is 0.0878. The van der Waals surface area contributed by atoms with Gasteiger partial charge in [0, 0.05) is 13.0 Å². The molecule has 3 fully saturated rings. The van der Waals surface area contributed by atoms with Crippen LogP contribution in [0, 0.1) is 17.8 Å². The molecule has 6 heteroatoms. The number of hydrogen-bond donors (Lipinski definition) is 1. The molecular formula is C15H25NO4S. The summed E-state index contributed by atoms with van der Waals surface area (Å²) in [5.41, 5.74) is 0. The van der Waals surface area contributed by atoms with Gasteiger partial charge in [-0.05, 0) is 56.3 Å². The van der Waals surface area contributed by atoms with Gasteiger partial charge in [0.25, 0.3) is 0 Å². The maximum Gasteiger partial charge on any atom is 0.237 e. The van der Waals surface area contributed by atoms with Crippen molar-refractivity contribution in [3.8, 4) is 0 Å². The molecule has 2 aliphatic carbocycles. The van der Waals surface area contributed by atoms with Crippen LogP contribution in [0.2, 0.25) is 0 Å². The van der Waals surface area contributed by atoms with Crippen LogP contribution in [-0.4, -0.2) is 32.8 Å². The van der Waals surface area contributed by atoms with Crippen LogP contribution >= 0.6 is 0 Å². The molecule has 2 saturated carbocycles. The molecule has 0 aromatic carbocycles. The van der Waals surface area contributed by atoms with Gasteiger partial charge in [-0.3, -0.25) is 9.52 Å². The minimum atomic E-state index is -3.56. The lowest BCUT2D eigenvalue weighted by Gasteiger charge is -2.23. The van der Waals surface area contributed by atoms with E-state index in [-0.39, 0.29) is 17.8 Å². The van der Waals surface area contributed by atoms with Gasteiger partial charge in [-0.15, -0.1) is 0 Å². The summed E-state index contributed by atoms with van der Waals surface area (Å²) in [4.78, 5) is 12.0. The molecule has 3 aliphatic rings. The highest BCUT2D eigenvalue weighted by Gasteiger charge is 2.40. The van der Waals surface area contributed by atoms with E-state index in [0.29, 0.717) is 24.9 Å². The van der Waals surface area contributed by atoms with E-state index in [0.717, 1.165) is 31.6 Å². The molecular weight excluding hydrogens is 290 g/mol. The van der Waals surface area contributed by atoms with E-state index in [2.05, 4.69) is 4.72 Å². The topological polar surface area (TPSA) is 72.5 Å². The second-order valence-electron chi connectivity index (χ2n) is 6.93. The molecule has 3 rings (SSSR count). The predicted molar refractivity (Wildman–Crippen MR) is 79.1 cm³/mol. The monoisotopic (exact) mass is 315 g/mol. The molecule has 1 heterocycles. The molecule has 1 amide bonds. The van der Waals surface area contributed by atoms with E-state index >= 15 is 0 Å². The van der Waals surface area contributed by atoms with Crippen LogP contribution in [0.3, 0.4) is 0 Å². The minimum Gasteiger partial charge on any atom is -0.377 e. The van der Waals surface area contributed by atoms with E-state index < -0.39 is 10.0 Å². The number of ether oxygens (including phenoxy) is 1. The highest BCUT2D eigenvalue weighted by molar-refractivity contribution is 7.90. The standard InChI is InChI=1S/C15H25NO4S/c17-15(9-13-8-11-4-5-12(13)7-11)16-21(18,19)10-14-3-1-2-6-20-14/h11-14H,1-10H2,(H,16,17)/t11-,12-,13+,14-/m0/s1. The number of nitrogens with one attached hydrogen (secondary N) is 1. The molecule has 0 aromatic heterocycles. The van der Waals surface area contributed by atoms with Crippen LogP contribution in [0.25, 0.3) is 0 Å². The van der Waals surface area contributed by atoms with Crippen molar-refractivity contribution in [2.75, 3.05) is 12.4 Å². The molecule has 0 unspecified atom stereocenters. The summed E-state index contributed by atoms with van der Waals surface area (Å²) in [6.07, 6.45) is 7.71. The van der Waals surface area contributed by atoms with E-state index in [1.807, 2.05) is 0 Å². The van der Waals surface area contributed by atoms with Gasteiger partial charge in [0.2, 0.25) is 15.9 Å². The fourth-order valence-corrected chi connectivity index (χ4v) is 5.57. The summed E-state index contributed by atoms with van der Waals surface area (Å²) in [5.74, 6) is 1.40. The lowest BCUT2D eigenvalue weighted by atomic mass is 9.86. The number of carbonyl (C=O) groups excluding carboxylic acids is 1. The second-order valence-corrected chi connectivity index (χ2v) is 8.70. The average Bonchev–Trinajstić information content (AvgIpc) is 3.00. The van der Waals surface area contributed by atoms with Crippen LogP contribution in [0.15, 0.2) is 0 Å². The normalized spacial score (nSPS) is 35.8. The molecule has 21 heavy (non-hydrogen) atoms. The molecule has 120 valence electrons. The van der Waals surface area contributed by atoms with Crippen molar-refractivity contribution in [2.24, 2.45) is 17.8 Å². The number of carbonyl (C=O) groups is 1. The number of fused-ring (bicyclic) bond motifs is 2. The van der Waals surface area contributed by atoms with E-state index in [1.165, 1.54) is 19.3 Å². The highest BCUT2D eigenvalue weighted by Crippen LogP contribution is 2.49. The first-order valence-electron chi connectivity index (χ1n) is 8.17. The van der Waals surface area contributed by atoms with Crippen molar-refractivity contribution >= 4 is 15.9 Å². The van der Waals surface area contributed by atoms with E-state index in [1.54, 1.807) is 0 Å². The molecule has 4 atom stereocenters. The maximum absolute atomic E-state index is 12.0. The summed E-state index contributed by atoms with van der Waals surface area (Å²) in [6.45, 7) is 0.624. The smallest absolute Gasteiger partial charge is 0.237 e. The lowest BCUT2D eigenvalue weighted by Crippen LogP contribution is -2.39. The van der Waals surface area contributed by atoms with Gasteiger partial charge in [0.05, 0.1) is 11.9 Å². The number of sulfonamides is 1. The van der Waals surface area contributed by atoms with Gasteiger partial charge in [-0.1, -0.05) is 6.42 Å². The quantitative estimate of drug-likeness (QED) is 0.840. The molecule has 2 bridgehead atoms. The first kappa shape index (κ1) is 15.3. The van der Waals surface area contributed by atoms with Crippen molar-refractivity contribution in [3.63, 3.8) is 0 Å². The number of amides is 1. The van der Waals surface area contributed by atoms with Crippen LogP contribution < -0.4 is 4.72 Å². The summed E-state index contributed by atoms with van der Waals surface area (Å²) in [6, 6.07) is 0. The van der Waals surface area contributed by atoms with Gasteiger partial charge < -0.3 is 4.74 Å². The Morgan fingerprint density at radius 3 is 2.62 bits per heavy atom. The van der Waals surface area contributed by atoms with Gasteiger partial charge in [-0.2, -0.15) is 0 Å². The van der Waals surface area contributed by atoms with Crippen molar-refractivity contribution in [2.45, 2.75) is 57.5 Å². The molecule has 1 saturated heterocycles. The van der Waals surface area contributed by atoms with Crippen molar-refractivity contribution in [1.29, 1.82) is 0 Å². The first-order chi connectivity index (χ1) is 10.0. The Bertz CT molecular complexity index is 484. The summed E-state index contributed by atoms with van der Waals surface area (Å²) < 4.78 is 31.7. The zero-order chi connectivity index (χ0) is 14.9. The second kappa shape index (κ2) is 6.24. The van der Waals surface area contributed by atoms with Crippen LogP contribution in [0.4, 0.5) is 0 Å². The van der Waals surface area contributed by atoms with Gasteiger partial charge in [-0.25, -0.2) is 8.42 Å². The van der Waals surface area contributed by atoms with Crippen LogP contribution in [0.1, 0.15) is 51.4 Å². The Morgan fingerprint density at radius 2 is 2.00 bits per heavy atom. The Labute approximate surface area is 126 Å². The predicted octanol–water partition coefficient (Wildman–Crippen LogP) is 1.83. The van der Waals surface area contributed by atoms with Gasteiger partial charge in [0.15, 0.2) is 0 Å². The molecule has 0 radical (unpaired) electrons. The number of rotatable bonds is 5. The van der Waals surface area contributed by atoms with E-state index in [9.17, 15) is 13.2 Å². The van der Waals surface area contributed by atoms with Gasteiger partial charge >= 0.3 is 0 Å². The molecule has 1 aliphatic heterocycles. The molecule has 5 nitrogen and oxygen atoms in total. The third kappa shape index (κ3) is 3.97. The summed E-state index contributed by atoms with van der Waals surface area (Å²) >= 11 is 0. The van der Waals surface area contributed by atoms with Crippen molar-refractivity contribution in [3.05, 3.63) is 0 Å². The summed E-state index contributed by atoms with van der Waals surface area (Å²) in [5, 5.41) is 0. The lowest BCUT2D eigenvalue weighted by molar-refractivity contribution is -0.120. The Hall–Kier alpha value is -0.620. The van der Waals surface area contributed by atoms with Crippen molar-refractivity contribution < 1.29 is 17.9 Å².